The SMILES string of the molecule is CC1(C2CCN(C(=O)Cn3nc4n(c3=O)CCCCC4)CC2)NC(=O)NC1=O. The van der Waals surface area contributed by atoms with E-state index in [9.17, 15) is 19.2 Å². The third-order valence-electron chi connectivity index (χ3n) is 6.30. The van der Waals surface area contributed by atoms with Crippen molar-refractivity contribution < 1.29 is 14.4 Å². The lowest BCUT2D eigenvalue weighted by molar-refractivity contribution is -0.134. The van der Waals surface area contributed by atoms with Gasteiger partial charge in [-0.3, -0.25) is 19.5 Å². The minimum atomic E-state index is -0.926. The highest BCUT2D eigenvalue weighted by atomic mass is 16.2. The number of urea groups is 1. The Morgan fingerprint density at radius 1 is 1.14 bits per heavy atom. The average molecular weight is 390 g/mol. The summed E-state index contributed by atoms with van der Waals surface area (Å²) in [4.78, 5) is 50.5. The number of nitrogens with one attached hydrogen (secondary N) is 2. The number of aromatic nitrogens is 3. The van der Waals surface area contributed by atoms with E-state index in [1.165, 1.54) is 4.68 Å². The summed E-state index contributed by atoms with van der Waals surface area (Å²) in [5.74, 6) is 0.284. The average Bonchev–Trinajstić information content (AvgIpc) is 2.99. The van der Waals surface area contributed by atoms with E-state index in [1.807, 2.05) is 0 Å². The molecule has 152 valence electrons. The van der Waals surface area contributed by atoms with Crippen molar-refractivity contribution in [3.8, 4) is 0 Å². The van der Waals surface area contributed by atoms with Crippen LogP contribution in [0.3, 0.4) is 0 Å². The van der Waals surface area contributed by atoms with Gasteiger partial charge in [-0.2, -0.15) is 5.10 Å². The number of hydrogen-bond acceptors (Lipinski definition) is 5. The molecule has 28 heavy (non-hydrogen) atoms. The lowest BCUT2D eigenvalue weighted by atomic mass is 9.79. The molecule has 1 atom stereocenters. The number of hydrogen-bond donors (Lipinski definition) is 2. The molecule has 2 fully saturated rings. The van der Waals surface area contributed by atoms with E-state index in [0.717, 1.165) is 31.5 Å². The predicted molar refractivity (Wildman–Crippen MR) is 98.4 cm³/mol. The number of piperidine rings is 1. The second-order valence-electron chi connectivity index (χ2n) is 8.08. The van der Waals surface area contributed by atoms with Crippen LogP contribution in [-0.2, 0) is 29.1 Å². The molecule has 0 aromatic carbocycles. The monoisotopic (exact) mass is 390 g/mol. The van der Waals surface area contributed by atoms with Gasteiger partial charge in [-0.1, -0.05) is 6.42 Å². The number of fused-ring (bicyclic) bond motifs is 1. The standard InChI is InChI=1S/C18H26N6O4/c1-18(15(26)19-16(27)20-18)12-6-9-22(10-7-12)14(25)11-24-17(28)23-8-4-2-3-5-13(23)21-24/h12H,2-11H2,1H3,(H2,19,20,26,27). The van der Waals surface area contributed by atoms with Gasteiger partial charge in [-0.25, -0.2) is 14.3 Å². The van der Waals surface area contributed by atoms with E-state index in [4.69, 9.17) is 0 Å². The molecule has 4 heterocycles. The maximum Gasteiger partial charge on any atom is 0.346 e. The summed E-state index contributed by atoms with van der Waals surface area (Å²) in [5.41, 5.74) is -1.14. The second-order valence-corrected chi connectivity index (χ2v) is 8.08. The van der Waals surface area contributed by atoms with E-state index in [2.05, 4.69) is 15.7 Å². The van der Waals surface area contributed by atoms with E-state index >= 15 is 0 Å². The molecular formula is C18H26N6O4. The van der Waals surface area contributed by atoms with Gasteiger partial charge in [0.25, 0.3) is 5.91 Å². The minimum Gasteiger partial charge on any atom is -0.341 e. The first-order valence-electron chi connectivity index (χ1n) is 9.96. The number of nitrogens with zero attached hydrogens (tertiary/aromatic N) is 4. The highest BCUT2D eigenvalue weighted by Crippen LogP contribution is 2.30. The quantitative estimate of drug-likeness (QED) is 0.682. The first-order chi connectivity index (χ1) is 13.4. The molecule has 0 radical (unpaired) electrons. The van der Waals surface area contributed by atoms with Crippen molar-refractivity contribution in [2.45, 2.75) is 64.1 Å². The number of rotatable bonds is 3. The van der Waals surface area contributed by atoms with Crippen molar-refractivity contribution in [3.05, 3.63) is 16.3 Å². The zero-order valence-electron chi connectivity index (χ0n) is 16.1. The summed E-state index contributed by atoms with van der Waals surface area (Å²) < 4.78 is 2.97. The van der Waals surface area contributed by atoms with Gasteiger partial charge in [-0.15, -0.1) is 0 Å². The first-order valence-corrected chi connectivity index (χ1v) is 9.96. The number of likely N-dealkylation sites (tertiary alicyclic amines) is 1. The highest BCUT2D eigenvalue weighted by molar-refractivity contribution is 6.07. The summed E-state index contributed by atoms with van der Waals surface area (Å²) >= 11 is 0. The van der Waals surface area contributed by atoms with E-state index in [1.54, 1.807) is 16.4 Å². The number of amides is 4. The number of imide groups is 1. The Balaban J connectivity index is 1.38. The lowest BCUT2D eigenvalue weighted by Gasteiger charge is -2.38. The van der Waals surface area contributed by atoms with Gasteiger partial charge in [0.2, 0.25) is 5.91 Å². The largest absolute Gasteiger partial charge is 0.346 e. The van der Waals surface area contributed by atoms with E-state index in [-0.39, 0.29) is 30.0 Å². The van der Waals surface area contributed by atoms with Crippen LogP contribution in [0.2, 0.25) is 0 Å². The van der Waals surface area contributed by atoms with Crippen molar-refractivity contribution in [1.82, 2.24) is 29.9 Å². The zero-order chi connectivity index (χ0) is 19.9. The van der Waals surface area contributed by atoms with E-state index < -0.39 is 11.6 Å². The molecule has 3 aliphatic rings. The third-order valence-corrected chi connectivity index (χ3v) is 6.30. The fourth-order valence-corrected chi connectivity index (χ4v) is 4.51. The smallest absolute Gasteiger partial charge is 0.341 e. The molecule has 0 spiro atoms. The Morgan fingerprint density at radius 2 is 1.89 bits per heavy atom. The highest BCUT2D eigenvalue weighted by Gasteiger charge is 2.48. The fourth-order valence-electron chi connectivity index (χ4n) is 4.51. The van der Waals surface area contributed by atoms with Crippen LogP contribution in [0.15, 0.2) is 4.79 Å². The molecule has 2 N–H and O–H groups in total. The topological polar surface area (TPSA) is 118 Å². The molecule has 4 amide bonds. The molecule has 0 aliphatic carbocycles. The predicted octanol–water partition coefficient (Wildman–Crippen LogP) is -0.392. The lowest BCUT2D eigenvalue weighted by Crippen LogP contribution is -2.54. The Hall–Kier alpha value is -2.65. The molecule has 0 saturated carbocycles. The van der Waals surface area contributed by atoms with E-state index in [0.29, 0.717) is 32.5 Å². The summed E-state index contributed by atoms with van der Waals surface area (Å²) in [6.45, 7) is 3.32. The zero-order valence-corrected chi connectivity index (χ0v) is 16.1. The van der Waals surface area contributed by atoms with Gasteiger partial charge in [0, 0.05) is 26.1 Å². The van der Waals surface area contributed by atoms with Gasteiger partial charge in [0.15, 0.2) is 0 Å². The maximum absolute atomic E-state index is 12.7. The minimum absolute atomic E-state index is 0.0330. The van der Waals surface area contributed by atoms with Crippen LogP contribution in [0.4, 0.5) is 4.79 Å². The van der Waals surface area contributed by atoms with Crippen molar-refractivity contribution in [2.75, 3.05) is 13.1 Å². The number of carbonyl (C=O) groups is 3. The van der Waals surface area contributed by atoms with Gasteiger partial charge >= 0.3 is 11.7 Å². The molecule has 1 aromatic rings. The summed E-state index contributed by atoms with van der Waals surface area (Å²) in [6, 6.07) is -0.468. The van der Waals surface area contributed by atoms with Gasteiger partial charge < -0.3 is 10.2 Å². The molecule has 4 rings (SSSR count). The number of carbonyl (C=O) groups excluding carboxylic acids is 3. The van der Waals surface area contributed by atoms with Crippen molar-refractivity contribution >= 4 is 17.8 Å². The van der Waals surface area contributed by atoms with Gasteiger partial charge in [-0.05, 0) is 38.5 Å². The van der Waals surface area contributed by atoms with Crippen LogP contribution in [-0.4, -0.2) is 55.7 Å². The summed E-state index contributed by atoms with van der Waals surface area (Å²) in [7, 11) is 0. The third kappa shape index (κ3) is 3.20. The Bertz CT molecular complexity index is 866. The van der Waals surface area contributed by atoms with Crippen LogP contribution in [0.5, 0.6) is 0 Å². The van der Waals surface area contributed by atoms with Crippen LogP contribution in [0, 0.1) is 5.92 Å². The maximum atomic E-state index is 12.7. The molecule has 10 heteroatoms. The first kappa shape index (κ1) is 18.7. The second kappa shape index (κ2) is 7.06. The summed E-state index contributed by atoms with van der Waals surface area (Å²) in [6.07, 6.45) is 5.07. The van der Waals surface area contributed by atoms with Crippen LogP contribution in [0.1, 0.15) is 44.9 Å². The van der Waals surface area contributed by atoms with Gasteiger partial charge in [0.1, 0.15) is 17.9 Å². The fraction of sp³-hybridized carbons (Fsp3) is 0.722. The Labute approximate surface area is 162 Å². The van der Waals surface area contributed by atoms with Crippen molar-refractivity contribution in [1.29, 1.82) is 0 Å². The Kier molecular flexibility index (Phi) is 4.72. The molecule has 1 unspecified atom stereocenters. The molecule has 1 aromatic heterocycles. The summed E-state index contributed by atoms with van der Waals surface area (Å²) in [5, 5.41) is 9.37. The van der Waals surface area contributed by atoms with Crippen molar-refractivity contribution in [3.63, 3.8) is 0 Å². The Morgan fingerprint density at radius 3 is 2.57 bits per heavy atom. The van der Waals surface area contributed by atoms with Crippen LogP contribution in [0.25, 0.3) is 0 Å². The molecule has 3 aliphatic heterocycles. The number of aryl methyl sites for hydroxylation is 1. The molecule has 0 bridgehead atoms. The van der Waals surface area contributed by atoms with Crippen LogP contribution < -0.4 is 16.3 Å². The molecule has 10 nitrogen and oxygen atoms in total. The van der Waals surface area contributed by atoms with Crippen LogP contribution >= 0.6 is 0 Å². The van der Waals surface area contributed by atoms with Crippen molar-refractivity contribution in [2.24, 2.45) is 5.92 Å². The molecule has 2 saturated heterocycles. The van der Waals surface area contributed by atoms with Gasteiger partial charge in [0.05, 0.1) is 0 Å². The molecular weight excluding hydrogens is 364 g/mol. The normalized spacial score (nSPS) is 25.8.